The van der Waals surface area contributed by atoms with Gasteiger partial charge in [0.1, 0.15) is 5.75 Å². The highest BCUT2D eigenvalue weighted by molar-refractivity contribution is 7.99. The molecule has 1 fully saturated rings. The Hall–Kier alpha value is -1.23. The maximum absolute atomic E-state index is 10.5. The van der Waals surface area contributed by atoms with E-state index in [-0.39, 0.29) is 0 Å². The number of hydrogen-bond donors (Lipinski definition) is 2. The summed E-state index contributed by atoms with van der Waals surface area (Å²) in [6, 6.07) is 12.6. The second-order valence-electron chi connectivity index (χ2n) is 5.99. The van der Waals surface area contributed by atoms with Gasteiger partial charge >= 0.3 is 0 Å². The van der Waals surface area contributed by atoms with E-state index in [1.807, 2.05) is 17.8 Å². The molecule has 118 valence electrons. The lowest BCUT2D eigenvalue weighted by Gasteiger charge is -2.32. The maximum atomic E-state index is 10.5. The highest BCUT2D eigenvalue weighted by Gasteiger charge is 2.28. The van der Waals surface area contributed by atoms with E-state index in [1.54, 1.807) is 7.11 Å². The summed E-state index contributed by atoms with van der Waals surface area (Å²) in [4.78, 5) is 0. The molecule has 2 N–H and O–H groups in total. The van der Waals surface area contributed by atoms with E-state index in [2.05, 4.69) is 35.6 Å². The Labute approximate surface area is 136 Å². The summed E-state index contributed by atoms with van der Waals surface area (Å²) >= 11 is 1.93. The summed E-state index contributed by atoms with van der Waals surface area (Å²) in [5.74, 6) is 3.02. The van der Waals surface area contributed by atoms with Crippen molar-refractivity contribution in [1.82, 2.24) is 5.32 Å². The standard InChI is InChI=1S/C18H23NO2S/c1-21-17-5-4-15-10-14(2-3-16(15)11-17)12-19-13-18(20)6-8-22-9-7-18/h2-5,10-11,19-20H,6-9,12-13H2,1H3. The topological polar surface area (TPSA) is 41.5 Å². The Morgan fingerprint density at radius 1 is 1.14 bits per heavy atom. The van der Waals surface area contributed by atoms with Crippen LogP contribution in [0.5, 0.6) is 5.75 Å². The predicted molar refractivity (Wildman–Crippen MR) is 93.7 cm³/mol. The van der Waals surface area contributed by atoms with Crippen LogP contribution >= 0.6 is 11.8 Å². The first-order valence-electron chi connectivity index (χ1n) is 7.76. The smallest absolute Gasteiger partial charge is 0.119 e. The number of rotatable bonds is 5. The van der Waals surface area contributed by atoms with Crippen molar-refractivity contribution in [3.05, 3.63) is 42.0 Å². The second-order valence-corrected chi connectivity index (χ2v) is 7.21. The van der Waals surface area contributed by atoms with Gasteiger partial charge in [0.2, 0.25) is 0 Å². The molecule has 22 heavy (non-hydrogen) atoms. The first-order valence-corrected chi connectivity index (χ1v) is 8.92. The Bertz CT molecular complexity index is 638. The van der Waals surface area contributed by atoms with E-state index >= 15 is 0 Å². The summed E-state index contributed by atoms with van der Waals surface area (Å²) < 4.78 is 5.25. The molecule has 0 bridgehead atoms. The number of methoxy groups -OCH3 is 1. The molecular weight excluding hydrogens is 294 g/mol. The van der Waals surface area contributed by atoms with Crippen molar-refractivity contribution in [2.75, 3.05) is 25.2 Å². The molecule has 0 aromatic heterocycles. The highest BCUT2D eigenvalue weighted by Crippen LogP contribution is 2.26. The van der Waals surface area contributed by atoms with Crippen molar-refractivity contribution < 1.29 is 9.84 Å². The molecule has 0 saturated carbocycles. The van der Waals surface area contributed by atoms with E-state index in [4.69, 9.17) is 4.74 Å². The number of benzene rings is 2. The molecule has 0 radical (unpaired) electrons. The third-order valence-corrected chi connectivity index (χ3v) is 5.30. The fourth-order valence-electron chi connectivity index (χ4n) is 2.88. The molecule has 2 aromatic carbocycles. The van der Waals surface area contributed by atoms with Gasteiger partial charge < -0.3 is 15.2 Å². The van der Waals surface area contributed by atoms with Crippen LogP contribution in [0.1, 0.15) is 18.4 Å². The van der Waals surface area contributed by atoms with Crippen molar-refractivity contribution in [2.24, 2.45) is 0 Å². The van der Waals surface area contributed by atoms with Crippen LogP contribution in [0.4, 0.5) is 0 Å². The molecule has 0 aliphatic carbocycles. The van der Waals surface area contributed by atoms with Crippen LogP contribution in [-0.2, 0) is 6.54 Å². The summed E-state index contributed by atoms with van der Waals surface area (Å²) in [7, 11) is 1.69. The molecular formula is C18H23NO2S. The zero-order chi connectivity index (χ0) is 15.4. The molecule has 3 rings (SSSR count). The summed E-state index contributed by atoms with van der Waals surface area (Å²) in [5.41, 5.74) is 0.724. The van der Waals surface area contributed by atoms with Crippen LogP contribution in [0.2, 0.25) is 0 Å². The van der Waals surface area contributed by atoms with Gasteiger partial charge in [0.05, 0.1) is 12.7 Å². The third kappa shape index (κ3) is 3.75. The SMILES string of the molecule is COc1ccc2cc(CNCC3(O)CCSCC3)ccc2c1. The van der Waals surface area contributed by atoms with Gasteiger partial charge in [-0.1, -0.05) is 18.2 Å². The van der Waals surface area contributed by atoms with Gasteiger partial charge in [-0.25, -0.2) is 0 Å². The van der Waals surface area contributed by atoms with Crippen LogP contribution in [0, 0.1) is 0 Å². The molecule has 1 heterocycles. The molecule has 3 nitrogen and oxygen atoms in total. The highest BCUT2D eigenvalue weighted by atomic mass is 32.2. The van der Waals surface area contributed by atoms with Crippen molar-refractivity contribution in [1.29, 1.82) is 0 Å². The molecule has 0 amide bonds. The molecule has 1 aliphatic heterocycles. The van der Waals surface area contributed by atoms with Gasteiger partial charge in [-0.05, 0) is 58.9 Å². The van der Waals surface area contributed by atoms with Gasteiger partial charge in [-0.3, -0.25) is 0 Å². The fraction of sp³-hybridized carbons (Fsp3) is 0.444. The minimum atomic E-state index is -0.518. The van der Waals surface area contributed by atoms with Crippen molar-refractivity contribution in [3.63, 3.8) is 0 Å². The lowest BCUT2D eigenvalue weighted by molar-refractivity contribution is 0.0320. The number of ether oxygens (including phenoxy) is 1. The zero-order valence-electron chi connectivity index (χ0n) is 13.0. The van der Waals surface area contributed by atoms with E-state index < -0.39 is 5.60 Å². The molecule has 0 spiro atoms. The quantitative estimate of drug-likeness (QED) is 0.888. The van der Waals surface area contributed by atoms with Crippen molar-refractivity contribution in [3.8, 4) is 5.75 Å². The van der Waals surface area contributed by atoms with Crippen LogP contribution in [0.3, 0.4) is 0 Å². The second kappa shape index (κ2) is 6.90. The number of hydrogen-bond acceptors (Lipinski definition) is 4. The largest absolute Gasteiger partial charge is 0.497 e. The Kier molecular flexibility index (Phi) is 4.91. The van der Waals surface area contributed by atoms with Gasteiger partial charge in [0.25, 0.3) is 0 Å². The number of nitrogens with one attached hydrogen (secondary N) is 1. The molecule has 1 saturated heterocycles. The molecule has 0 unspecified atom stereocenters. The van der Waals surface area contributed by atoms with Gasteiger partial charge in [-0.2, -0.15) is 11.8 Å². The van der Waals surface area contributed by atoms with Crippen molar-refractivity contribution >= 4 is 22.5 Å². The Morgan fingerprint density at radius 2 is 1.86 bits per heavy atom. The third-order valence-electron chi connectivity index (χ3n) is 4.32. The Balaban J connectivity index is 1.61. The zero-order valence-corrected chi connectivity index (χ0v) is 13.8. The fourth-order valence-corrected chi connectivity index (χ4v) is 4.13. The first-order chi connectivity index (χ1) is 10.7. The van der Waals surface area contributed by atoms with Crippen molar-refractivity contribution in [2.45, 2.75) is 25.0 Å². The minimum absolute atomic E-state index is 0.518. The number of thioether (sulfide) groups is 1. The van der Waals surface area contributed by atoms with E-state index in [1.165, 1.54) is 16.3 Å². The average Bonchev–Trinajstić information content (AvgIpc) is 2.55. The van der Waals surface area contributed by atoms with E-state index in [0.29, 0.717) is 6.54 Å². The number of fused-ring (bicyclic) bond motifs is 1. The Morgan fingerprint density at radius 3 is 2.64 bits per heavy atom. The summed E-state index contributed by atoms with van der Waals surface area (Å²) in [6.07, 6.45) is 1.78. The van der Waals surface area contributed by atoms with Gasteiger partial charge in [0, 0.05) is 13.1 Å². The van der Waals surface area contributed by atoms with Crippen LogP contribution in [-0.4, -0.2) is 35.9 Å². The molecule has 2 aromatic rings. The van der Waals surface area contributed by atoms with Crippen LogP contribution in [0.25, 0.3) is 10.8 Å². The van der Waals surface area contributed by atoms with E-state index in [9.17, 15) is 5.11 Å². The van der Waals surface area contributed by atoms with Crippen LogP contribution < -0.4 is 10.1 Å². The molecule has 4 heteroatoms. The van der Waals surface area contributed by atoms with Crippen LogP contribution in [0.15, 0.2) is 36.4 Å². The summed E-state index contributed by atoms with van der Waals surface area (Å²) in [5, 5.41) is 16.3. The van der Waals surface area contributed by atoms with Gasteiger partial charge in [-0.15, -0.1) is 0 Å². The van der Waals surface area contributed by atoms with E-state index in [0.717, 1.165) is 36.6 Å². The maximum Gasteiger partial charge on any atom is 0.119 e. The van der Waals surface area contributed by atoms with Gasteiger partial charge in [0.15, 0.2) is 0 Å². The monoisotopic (exact) mass is 317 g/mol. The molecule has 0 atom stereocenters. The lowest BCUT2D eigenvalue weighted by Crippen LogP contribution is -2.43. The predicted octanol–water partition coefficient (Wildman–Crippen LogP) is 3.20. The normalized spacial score (nSPS) is 17.5. The summed E-state index contributed by atoms with van der Waals surface area (Å²) in [6.45, 7) is 1.46. The average molecular weight is 317 g/mol. The lowest BCUT2D eigenvalue weighted by atomic mass is 9.97. The molecule has 1 aliphatic rings. The number of aliphatic hydroxyl groups is 1. The minimum Gasteiger partial charge on any atom is -0.497 e. The first kappa shape index (κ1) is 15.7.